The van der Waals surface area contributed by atoms with Gasteiger partial charge in [-0.1, -0.05) is 12.1 Å². The van der Waals surface area contributed by atoms with Gasteiger partial charge < -0.3 is 4.74 Å². The van der Waals surface area contributed by atoms with Crippen LogP contribution in [0.5, 0.6) is 5.75 Å². The molecule has 90 valence electrons. The number of hydrogen-bond donors (Lipinski definition) is 1. The van der Waals surface area contributed by atoms with Gasteiger partial charge in [-0.05, 0) is 12.1 Å². The van der Waals surface area contributed by atoms with Gasteiger partial charge in [0, 0.05) is 0 Å². The molecule has 1 rings (SSSR count). The summed E-state index contributed by atoms with van der Waals surface area (Å²) in [6.07, 6.45) is -4.54. The third-order valence-electron chi connectivity index (χ3n) is 1.55. The highest BCUT2D eigenvalue weighted by molar-refractivity contribution is 7.89. The Kier molecular flexibility index (Phi) is 3.44. The minimum Gasteiger partial charge on any atom is -0.483 e. The summed E-state index contributed by atoms with van der Waals surface area (Å²) in [5.74, 6) is -0.415. The molecular weight excluding hydrogens is 247 g/mol. The van der Waals surface area contributed by atoms with Crippen molar-refractivity contribution in [2.45, 2.75) is 11.1 Å². The lowest BCUT2D eigenvalue weighted by molar-refractivity contribution is -0.153. The molecular formula is C8H8F3NO3S. The van der Waals surface area contributed by atoms with Crippen LogP contribution in [0.3, 0.4) is 0 Å². The molecule has 0 unspecified atom stereocenters. The molecule has 0 saturated heterocycles. The topological polar surface area (TPSA) is 69.4 Å². The summed E-state index contributed by atoms with van der Waals surface area (Å²) in [6.45, 7) is -1.57. The van der Waals surface area contributed by atoms with Crippen molar-refractivity contribution in [1.29, 1.82) is 0 Å². The Hall–Kier alpha value is -1.28. The van der Waals surface area contributed by atoms with E-state index in [1.54, 1.807) is 0 Å². The summed E-state index contributed by atoms with van der Waals surface area (Å²) < 4.78 is 61.9. The predicted molar refractivity (Wildman–Crippen MR) is 49.4 cm³/mol. The smallest absolute Gasteiger partial charge is 0.422 e. The quantitative estimate of drug-likeness (QED) is 0.884. The van der Waals surface area contributed by atoms with Crippen LogP contribution in [0.25, 0.3) is 0 Å². The molecule has 8 heteroatoms. The van der Waals surface area contributed by atoms with Gasteiger partial charge in [0.2, 0.25) is 10.0 Å². The summed E-state index contributed by atoms with van der Waals surface area (Å²) in [5, 5.41) is 4.81. The van der Waals surface area contributed by atoms with Gasteiger partial charge in [0.15, 0.2) is 6.61 Å². The van der Waals surface area contributed by atoms with Crippen molar-refractivity contribution in [3.05, 3.63) is 24.3 Å². The minimum atomic E-state index is -4.54. The van der Waals surface area contributed by atoms with Gasteiger partial charge in [-0.15, -0.1) is 0 Å². The summed E-state index contributed by atoms with van der Waals surface area (Å²) >= 11 is 0. The van der Waals surface area contributed by atoms with Gasteiger partial charge in [-0.25, -0.2) is 13.6 Å². The number of alkyl halides is 3. The second kappa shape index (κ2) is 4.30. The molecule has 0 bridgehead atoms. The fourth-order valence-corrected chi connectivity index (χ4v) is 1.64. The molecule has 1 aromatic rings. The number of primary sulfonamides is 1. The van der Waals surface area contributed by atoms with Crippen molar-refractivity contribution in [3.63, 3.8) is 0 Å². The second-order valence-electron chi connectivity index (χ2n) is 2.90. The Bertz CT molecular complexity index is 470. The van der Waals surface area contributed by atoms with Crippen molar-refractivity contribution in [1.82, 2.24) is 0 Å². The maximum atomic E-state index is 11.9. The maximum absolute atomic E-state index is 11.9. The van der Waals surface area contributed by atoms with E-state index >= 15 is 0 Å². The fraction of sp³-hybridized carbons (Fsp3) is 0.250. The van der Waals surface area contributed by atoms with E-state index in [1.807, 2.05) is 0 Å². The van der Waals surface area contributed by atoms with E-state index in [1.165, 1.54) is 12.1 Å². The standard InChI is InChI=1S/C8H8F3NO3S/c9-8(10,11)5-15-6-3-1-2-4-7(6)16(12,13)14/h1-4H,5H2,(H2,12,13,14). The first-order valence-electron chi connectivity index (χ1n) is 4.01. The maximum Gasteiger partial charge on any atom is 0.422 e. The van der Waals surface area contributed by atoms with Gasteiger partial charge in [0.05, 0.1) is 0 Å². The van der Waals surface area contributed by atoms with Crippen molar-refractivity contribution in [2.24, 2.45) is 5.14 Å². The van der Waals surface area contributed by atoms with E-state index in [4.69, 9.17) is 5.14 Å². The molecule has 0 aliphatic carbocycles. The summed E-state index contributed by atoms with van der Waals surface area (Å²) in [5.41, 5.74) is 0. The van der Waals surface area contributed by atoms with E-state index in [2.05, 4.69) is 4.74 Å². The number of para-hydroxylation sites is 1. The first kappa shape index (κ1) is 12.8. The highest BCUT2D eigenvalue weighted by Crippen LogP contribution is 2.24. The lowest BCUT2D eigenvalue weighted by Gasteiger charge is -2.11. The summed E-state index contributed by atoms with van der Waals surface area (Å²) in [6, 6.07) is 4.85. The van der Waals surface area contributed by atoms with Crippen molar-refractivity contribution in [3.8, 4) is 5.75 Å². The van der Waals surface area contributed by atoms with E-state index < -0.39 is 33.5 Å². The van der Waals surface area contributed by atoms with E-state index in [-0.39, 0.29) is 0 Å². The number of ether oxygens (including phenoxy) is 1. The normalized spacial score (nSPS) is 12.5. The van der Waals surface area contributed by atoms with Crippen LogP contribution in [0.4, 0.5) is 13.2 Å². The van der Waals surface area contributed by atoms with Crippen LogP contribution >= 0.6 is 0 Å². The van der Waals surface area contributed by atoms with E-state index in [0.717, 1.165) is 12.1 Å². The Morgan fingerprint density at radius 2 is 1.81 bits per heavy atom. The van der Waals surface area contributed by atoms with Crippen molar-refractivity contribution >= 4 is 10.0 Å². The molecule has 0 radical (unpaired) electrons. The van der Waals surface area contributed by atoms with Crippen LogP contribution in [0.15, 0.2) is 29.2 Å². The average Bonchev–Trinajstić information content (AvgIpc) is 2.12. The molecule has 0 aromatic heterocycles. The third kappa shape index (κ3) is 3.70. The zero-order valence-corrected chi connectivity index (χ0v) is 8.68. The van der Waals surface area contributed by atoms with Gasteiger partial charge in [-0.3, -0.25) is 0 Å². The molecule has 16 heavy (non-hydrogen) atoms. The van der Waals surface area contributed by atoms with E-state index in [9.17, 15) is 21.6 Å². The molecule has 0 fully saturated rings. The van der Waals surface area contributed by atoms with Gasteiger partial charge in [0.25, 0.3) is 0 Å². The predicted octanol–water partition coefficient (Wildman–Crippen LogP) is 1.28. The molecule has 0 spiro atoms. The molecule has 2 N–H and O–H groups in total. The Balaban J connectivity index is 2.97. The number of sulfonamides is 1. The van der Waals surface area contributed by atoms with Gasteiger partial charge >= 0.3 is 6.18 Å². The van der Waals surface area contributed by atoms with Crippen LogP contribution in [0, 0.1) is 0 Å². The van der Waals surface area contributed by atoms with Crippen molar-refractivity contribution in [2.75, 3.05) is 6.61 Å². The number of halogens is 3. The highest BCUT2D eigenvalue weighted by atomic mass is 32.2. The highest BCUT2D eigenvalue weighted by Gasteiger charge is 2.29. The third-order valence-corrected chi connectivity index (χ3v) is 2.50. The molecule has 1 aromatic carbocycles. The number of nitrogens with two attached hydrogens (primary N) is 1. The Labute approximate surface area is 89.9 Å². The lowest BCUT2D eigenvalue weighted by Crippen LogP contribution is -2.21. The van der Waals surface area contributed by atoms with Gasteiger partial charge in [0.1, 0.15) is 10.6 Å². The zero-order valence-electron chi connectivity index (χ0n) is 7.86. The van der Waals surface area contributed by atoms with Crippen LogP contribution in [-0.4, -0.2) is 21.2 Å². The molecule has 0 atom stereocenters. The fourth-order valence-electron chi connectivity index (χ4n) is 0.964. The van der Waals surface area contributed by atoms with Crippen LogP contribution in [-0.2, 0) is 10.0 Å². The first-order valence-corrected chi connectivity index (χ1v) is 5.56. The minimum absolute atomic E-state index is 0.415. The Morgan fingerprint density at radius 3 is 2.31 bits per heavy atom. The van der Waals surface area contributed by atoms with Crippen LogP contribution < -0.4 is 9.88 Å². The molecule has 0 heterocycles. The van der Waals surface area contributed by atoms with Gasteiger partial charge in [-0.2, -0.15) is 13.2 Å². The molecule has 0 saturated carbocycles. The molecule has 4 nitrogen and oxygen atoms in total. The molecule has 0 aliphatic heterocycles. The number of hydrogen-bond acceptors (Lipinski definition) is 3. The zero-order chi connectivity index (χ0) is 12.4. The number of benzene rings is 1. The molecule has 0 amide bonds. The van der Waals surface area contributed by atoms with E-state index in [0.29, 0.717) is 0 Å². The van der Waals surface area contributed by atoms with Crippen molar-refractivity contribution < 1.29 is 26.3 Å². The monoisotopic (exact) mass is 255 g/mol. The summed E-state index contributed by atoms with van der Waals surface area (Å²) in [7, 11) is -4.09. The SMILES string of the molecule is NS(=O)(=O)c1ccccc1OCC(F)(F)F. The van der Waals surface area contributed by atoms with Crippen LogP contribution in [0.2, 0.25) is 0 Å². The first-order chi connectivity index (χ1) is 7.20. The Morgan fingerprint density at radius 1 is 1.25 bits per heavy atom. The summed E-state index contributed by atoms with van der Waals surface area (Å²) in [4.78, 5) is -0.473. The lowest BCUT2D eigenvalue weighted by atomic mass is 10.3. The average molecular weight is 255 g/mol. The largest absolute Gasteiger partial charge is 0.483 e. The second-order valence-corrected chi connectivity index (χ2v) is 4.43. The van der Waals surface area contributed by atoms with Crippen LogP contribution in [0.1, 0.15) is 0 Å². The molecule has 0 aliphatic rings. The number of rotatable bonds is 3.